The fraction of sp³-hybridized carbons (Fsp3) is 0.353. The van der Waals surface area contributed by atoms with Gasteiger partial charge in [-0.05, 0) is 38.5 Å². The highest BCUT2D eigenvalue weighted by Crippen LogP contribution is 2.23. The minimum atomic E-state index is -0.248. The Labute approximate surface area is 134 Å². The first-order valence-electron chi connectivity index (χ1n) is 6.86. The van der Waals surface area contributed by atoms with Crippen LogP contribution in [0.25, 0.3) is 0 Å². The monoisotopic (exact) mass is 352 g/mol. The van der Waals surface area contributed by atoms with E-state index < -0.39 is 0 Å². The van der Waals surface area contributed by atoms with E-state index in [4.69, 9.17) is 9.47 Å². The molecule has 3 nitrogen and oxygen atoms in total. The number of carbonyl (C=O) groups excluding carboxylic acids is 1. The first-order valence-corrected chi connectivity index (χ1v) is 7.66. The van der Waals surface area contributed by atoms with Gasteiger partial charge in [0, 0.05) is 10.0 Å². The fourth-order valence-corrected chi connectivity index (χ4v) is 2.14. The van der Waals surface area contributed by atoms with Crippen molar-refractivity contribution in [3.8, 4) is 5.75 Å². The third-order valence-electron chi connectivity index (χ3n) is 2.94. The molecule has 114 valence electrons. The third-order valence-corrected chi connectivity index (χ3v) is 3.17. The number of allylic oxidation sites excluding steroid dienone is 2. The molecule has 0 aliphatic rings. The molecule has 4 heteroatoms. The molecule has 0 N–H and O–H groups in total. The summed E-state index contributed by atoms with van der Waals surface area (Å²) >= 11 is 3.31. The number of carbonyl (C=O) groups is 1. The Morgan fingerprint density at radius 3 is 2.71 bits per heavy atom. The molecule has 0 saturated heterocycles. The molecule has 1 rings (SSSR count). The summed E-state index contributed by atoms with van der Waals surface area (Å²) in [6.45, 7) is 9.90. The van der Waals surface area contributed by atoms with Gasteiger partial charge < -0.3 is 9.47 Å². The molecular formula is C17H21BrO3. The fourth-order valence-electron chi connectivity index (χ4n) is 1.78. The number of esters is 1. The Morgan fingerprint density at radius 2 is 2.10 bits per heavy atom. The van der Waals surface area contributed by atoms with Gasteiger partial charge in [0.2, 0.25) is 0 Å². The molecule has 21 heavy (non-hydrogen) atoms. The van der Waals surface area contributed by atoms with E-state index in [9.17, 15) is 4.79 Å². The van der Waals surface area contributed by atoms with Gasteiger partial charge in [0.15, 0.2) is 0 Å². The molecule has 0 aliphatic carbocycles. The van der Waals surface area contributed by atoms with Crippen molar-refractivity contribution in [1.82, 2.24) is 0 Å². The number of para-hydroxylation sites is 1. The van der Waals surface area contributed by atoms with Crippen LogP contribution in [0.5, 0.6) is 5.75 Å². The molecule has 1 aromatic carbocycles. The molecule has 0 unspecified atom stereocenters. The minimum absolute atomic E-state index is 0.109. The van der Waals surface area contributed by atoms with Crippen LogP contribution in [0.15, 0.2) is 47.0 Å². The molecule has 0 amide bonds. The molecule has 0 radical (unpaired) electrons. The number of hydrogen-bond donors (Lipinski definition) is 0. The maximum Gasteiger partial charge on any atom is 0.310 e. The topological polar surface area (TPSA) is 35.5 Å². The van der Waals surface area contributed by atoms with Gasteiger partial charge in [0.1, 0.15) is 11.9 Å². The second-order valence-electron chi connectivity index (χ2n) is 4.68. The Kier molecular flexibility index (Phi) is 7.23. The summed E-state index contributed by atoms with van der Waals surface area (Å²) in [7, 11) is 0. The maximum atomic E-state index is 11.6. The van der Waals surface area contributed by atoms with Crippen molar-refractivity contribution < 1.29 is 14.3 Å². The van der Waals surface area contributed by atoms with E-state index in [0.717, 1.165) is 15.6 Å². The molecule has 0 aromatic heterocycles. The summed E-state index contributed by atoms with van der Waals surface area (Å²) < 4.78 is 11.7. The largest absolute Gasteiger partial charge is 0.486 e. The SMILES string of the molecule is C=C(Br)/C=C(\C)[C@@H](C)Oc1ccccc1CC(=O)OCC. The molecule has 1 atom stereocenters. The Balaban J connectivity index is 2.84. The maximum absolute atomic E-state index is 11.6. The van der Waals surface area contributed by atoms with Gasteiger partial charge >= 0.3 is 5.97 Å². The van der Waals surface area contributed by atoms with Crippen molar-refractivity contribution in [2.75, 3.05) is 6.61 Å². The van der Waals surface area contributed by atoms with E-state index in [1.807, 2.05) is 44.2 Å². The van der Waals surface area contributed by atoms with Crippen molar-refractivity contribution in [3.05, 3.63) is 52.5 Å². The van der Waals surface area contributed by atoms with E-state index in [0.29, 0.717) is 12.4 Å². The minimum Gasteiger partial charge on any atom is -0.486 e. The zero-order valence-corrected chi connectivity index (χ0v) is 14.3. The van der Waals surface area contributed by atoms with Crippen LogP contribution in [0.3, 0.4) is 0 Å². The number of ether oxygens (including phenoxy) is 2. The number of benzene rings is 1. The van der Waals surface area contributed by atoms with Gasteiger partial charge in [0.05, 0.1) is 13.0 Å². The van der Waals surface area contributed by atoms with Gasteiger partial charge in [-0.3, -0.25) is 4.79 Å². The third kappa shape index (κ3) is 6.17. The van der Waals surface area contributed by atoms with Crippen LogP contribution in [-0.2, 0) is 16.0 Å². The van der Waals surface area contributed by atoms with E-state index in [1.165, 1.54) is 0 Å². The van der Waals surface area contributed by atoms with E-state index in [2.05, 4.69) is 22.5 Å². The molecule has 0 spiro atoms. The average Bonchev–Trinajstić information content (AvgIpc) is 2.40. The van der Waals surface area contributed by atoms with Crippen LogP contribution in [0.4, 0.5) is 0 Å². The first kappa shape index (κ1) is 17.5. The lowest BCUT2D eigenvalue weighted by atomic mass is 10.1. The normalized spacial score (nSPS) is 12.7. The zero-order chi connectivity index (χ0) is 15.8. The second kappa shape index (κ2) is 8.67. The second-order valence-corrected chi connectivity index (χ2v) is 5.70. The predicted molar refractivity (Wildman–Crippen MR) is 88.7 cm³/mol. The van der Waals surface area contributed by atoms with Crippen molar-refractivity contribution in [3.63, 3.8) is 0 Å². The highest BCUT2D eigenvalue weighted by molar-refractivity contribution is 9.11. The van der Waals surface area contributed by atoms with Gasteiger partial charge in [-0.15, -0.1) is 0 Å². The van der Waals surface area contributed by atoms with Gasteiger partial charge in [0.25, 0.3) is 0 Å². The zero-order valence-electron chi connectivity index (χ0n) is 12.7. The Hall–Kier alpha value is -1.55. The highest BCUT2D eigenvalue weighted by Gasteiger charge is 2.13. The lowest BCUT2D eigenvalue weighted by Crippen LogP contribution is -2.15. The predicted octanol–water partition coefficient (Wildman–Crippen LogP) is 4.41. The van der Waals surface area contributed by atoms with Gasteiger partial charge in [-0.2, -0.15) is 0 Å². The smallest absolute Gasteiger partial charge is 0.310 e. The van der Waals surface area contributed by atoms with Crippen molar-refractivity contribution >= 4 is 21.9 Å². The summed E-state index contributed by atoms with van der Waals surface area (Å²) in [4.78, 5) is 11.6. The number of rotatable bonds is 7. The van der Waals surface area contributed by atoms with Crippen molar-refractivity contribution in [2.24, 2.45) is 0 Å². The van der Waals surface area contributed by atoms with Crippen molar-refractivity contribution in [2.45, 2.75) is 33.3 Å². The quantitative estimate of drug-likeness (QED) is 0.538. The summed E-state index contributed by atoms with van der Waals surface area (Å²) in [5, 5.41) is 0. The van der Waals surface area contributed by atoms with Crippen LogP contribution in [-0.4, -0.2) is 18.7 Å². The average molecular weight is 353 g/mol. The first-order chi connectivity index (χ1) is 9.93. The Bertz CT molecular complexity index is 535. The van der Waals surface area contributed by atoms with Crippen LogP contribution >= 0.6 is 15.9 Å². The molecule has 0 fully saturated rings. The number of hydrogen-bond acceptors (Lipinski definition) is 3. The summed E-state index contributed by atoms with van der Waals surface area (Å²) in [6.07, 6.45) is 2.02. The molecule has 0 heterocycles. The number of halogens is 1. The van der Waals surface area contributed by atoms with Crippen LogP contribution in [0.1, 0.15) is 26.3 Å². The van der Waals surface area contributed by atoms with Crippen molar-refractivity contribution in [1.29, 1.82) is 0 Å². The van der Waals surface area contributed by atoms with Crippen LogP contribution in [0, 0.1) is 0 Å². The summed E-state index contributed by atoms with van der Waals surface area (Å²) in [5.41, 5.74) is 1.87. The summed E-state index contributed by atoms with van der Waals surface area (Å²) in [6, 6.07) is 7.51. The lowest BCUT2D eigenvalue weighted by molar-refractivity contribution is -0.142. The van der Waals surface area contributed by atoms with E-state index in [-0.39, 0.29) is 18.5 Å². The van der Waals surface area contributed by atoms with Crippen LogP contribution < -0.4 is 4.74 Å². The van der Waals surface area contributed by atoms with Gasteiger partial charge in [-0.1, -0.05) is 40.7 Å². The van der Waals surface area contributed by atoms with Gasteiger partial charge in [-0.25, -0.2) is 0 Å². The molecule has 0 aliphatic heterocycles. The molecule has 0 saturated carbocycles. The standard InChI is InChI=1S/C17H21BrO3/c1-5-20-17(19)11-15-8-6-7-9-16(15)21-14(4)12(2)10-13(3)18/h6-10,14H,3,5,11H2,1-2,4H3/b12-10+/t14-/m1/s1. The highest BCUT2D eigenvalue weighted by atomic mass is 79.9. The van der Waals surface area contributed by atoms with E-state index in [1.54, 1.807) is 6.92 Å². The van der Waals surface area contributed by atoms with Crippen LogP contribution in [0.2, 0.25) is 0 Å². The molecule has 0 bridgehead atoms. The van der Waals surface area contributed by atoms with E-state index >= 15 is 0 Å². The lowest BCUT2D eigenvalue weighted by Gasteiger charge is -2.18. The molecule has 1 aromatic rings. The Morgan fingerprint density at radius 1 is 1.43 bits per heavy atom. The molecular weight excluding hydrogens is 332 g/mol. The summed E-state index contributed by atoms with van der Waals surface area (Å²) in [5.74, 6) is 0.452.